The summed E-state index contributed by atoms with van der Waals surface area (Å²) in [5, 5.41) is 0.123. The fourth-order valence-corrected chi connectivity index (χ4v) is 4.15. The number of fused-ring (bicyclic) bond motifs is 1. The monoisotopic (exact) mass is 497 g/mol. The van der Waals surface area contributed by atoms with Gasteiger partial charge in [-0.1, -0.05) is 29.8 Å². The van der Waals surface area contributed by atoms with E-state index in [-0.39, 0.29) is 39.9 Å². The fraction of sp³-hybridized carbons (Fsp3) is 0.167. The molecule has 10 heteroatoms. The molecule has 0 bridgehead atoms. The van der Waals surface area contributed by atoms with Gasteiger partial charge in [0.25, 0.3) is 11.8 Å². The number of hydrogen-bond acceptors (Lipinski definition) is 2. The molecule has 2 amide bonds. The maximum Gasteiger partial charge on any atom is 0.416 e. The Labute approximate surface area is 194 Å². The summed E-state index contributed by atoms with van der Waals surface area (Å²) >= 11 is 6.07. The Kier molecular flexibility index (Phi) is 5.72. The van der Waals surface area contributed by atoms with E-state index in [1.54, 1.807) is 6.92 Å². The third-order valence-corrected chi connectivity index (χ3v) is 5.74. The van der Waals surface area contributed by atoms with Gasteiger partial charge in [0.1, 0.15) is 0 Å². The van der Waals surface area contributed by atoms with Crippen LogP contribution in [-0.4, -0.2) is 11.8 Å². The molecule has 3 nitrogen and oxygen atoms in total. The zero-order chi connectivity index (χ0) is 25.0. The van der Waals surface area contributed by atoms with Crippen LogP contribution < -0.4 is 4.90 Å². The summed E-state index contributed by atoms with van der Waals surface area (Å²) in [6, 6.07) is 10.3. The summed E-state index contributed by atoms with van der Waals surface area (Å²) in [6.07, 6.45) is -10.1. The van der Waals surface area contributed by atoms with Crippen LogP contribution in [0.3, 0.4) is 0 Å². The highest BCUT2D eigenvalue weighted by atomic mass is 35.5. The Morgan fingerprint density at radius 1 is 0.794 bits per heavy atom. The highest BCUT2D eigenvalue weighted by Crippen LogP contribution is 2.38. The number of halogens is 7. The summed E-state index contributed by atoms with van der Waals surface area (Å²) in [4.78, 5) is 26.6. The molecular formula is C24H14ClF6NO2. The number of aryl methyl sites for hydroxylation is 1. The van der Waals surface area contributed by atoms with Crippen LogP contribution >= 0.6 is 11.6 Å². The van der Waals surface area contributed by atoms with Crippen LogP contribution in [0, 0.1) is 6.92 Å². The Balaban J connectivity index is 1.68. The lowest BCUT2D eigenvalue weighted by atomic mass is 9.97. The van der Waals surface area contributed by atoms with Crippen LogP contribution in [0.2, 0.25) is 5.02 Å². The van der Waals surface area contributed by atoms with Gasteiger partial charge < -0.3 is 0 Å². The number of anilines is 1. The van der Waals surface area contributed by atoms with E-state index in [4.69, 9.17) is 11.6 Å². The predicted octanol–water partition coefficient (Wildman–Crippen LogP) is 7.08. The van der Waals surface area contributed by atoms with E-state index in [9.17, 15) is 35.9 Å². The molecule has 1 aliphatic rings. The number of imide groups is 1. The summed E-state index contributed by atoms with van der Waals surface area (Å²) in [7, 11) is 0. The summed E-state index contributed by atoms with van der Waals surface area (Å²) in [6.45, 7) is 1.58. The number of alkyl halides is 6. The van der Waals surface area contributed by atoms with Gasteiger partial charge in [0, 0.05) is 0 Å². The van der Waals surface area contributed by atoms with Crippen LogP contribution in [0.25, 0.3) is 0 Å². The third-order valence-electron chi connectivity index (χ3n) is 5.42. The van der Waals surface area contributed by atoms with Crippen molar-refractivity contribution >= 4 is 29.1 Å². The number of rotatable bonds is 3. The molecule has 0 radical (unpaired) electrons. The summed E-state index contributed by atoms with van der Waals surface area (Å²) < 4.78 is 78.8. The van der Waals surface area contributed by atoms with Gasteiger partial charge in [-0.2, -0.15) is 26.3 Å². The summed E-state index contributed by atoms with van der Waals surface area (Å²) in [5.41, 5.74) is -1.67. The second-order valence-corrected chi connectivity index (χ2v) is 8.23. The molecule has 0 saturated carbocycles. The van der Waals surface area contributed by atoms with Gasteiger partial charge >= 0.3 is 12.4 Å². The van der Waals surface area contributed by atoms with E-state index in [1.165, 1.54) is 36.4 Å². The first-order chi connectivity index (χ1) is 15.8. The van der Waals surface area contributed by atoms with Crippen LogP contribution in [0.1, 0.15) is 48.5 Å². The van der Waals surface area contributed by atoms with Crippen molar-refractivity contribution in [3.8, 4) is 0 Å². The molecule has 0 aromatic heterocycles. The van der Waals surface area contributed by atoms with Crippen molar-refractivity contribution in [2.75, 3.05) is 4.90 Å². The standard InChI is InChI=1S/C24H14ClF6NO2/c1-12-7-13(8-14-9-15(23(26,27)28)11-16(10-14)24(29,30)31)5-6-19(12)32-21(33)17-3-2-4-18(25)20(17)22(32)34/h2-7,9-11H,8H2,1H3. The van der Waals surface area contributed by atoms with E-state index >= 15 is 0 Å². The van der Waals surface area contributed by atoms with Gasteiger partial charge in [0.2, 0.25) is 0 Å². The quantitative estimate of drug-likeness (QED) is 0.286. The molecule has 1 aliphatic heterocycles. The minimum absolute atomic E-state index is 0.0706. The Morgan fingerprint density at radius 3 is 1.94 bits per heavy atom. The molecule has 3 aromatic carbocycles. The smallest absolute Gasteiger partial charge is 0.268 e. The van der Waals surface area contributed by atoms with Crippen LogP contribution in [-0.2, 0) is 18.8 Å². The molecule has 0 fully saturated rings. The van der Waals surface area contributed by atoms with Crippen molar-refractivity contribution in [2.45, 2.75) is 25.7 Å². The van der Waals surface area contributed by atoms with Gasteiger partial charge in [0.05, 0.1) is 33.0 Å². The number of benzene rings is 3. The van der Waals surface area contributed by atoms with Crippen LogP contribution in [0.5, 0.6) is 0 Å². The van der Waals surface area contributed by atoms with Crippen molar-refractivity contribution in [3.05, 3.63) is 98.6 Å². The van der Waals surface area contributed by atoms with Crippen molar-refractivity contribution < 1.29 is 35.9 Å². The minimum atomic E-state index is -4.94. The first-order valence-corrected chi connectivity index (χ1v) is 10.2. The van der Waals surface area contributed by atoms with E-state index in [0.29, 0.717) is 23.3 Å². The molecule has 0 atom stereocenters. The molecule has 0 unspecified atom stereocenters. The van der Waals surface area contributed by atoms with Gasteiger partial charge in [-0.3, -0.25) is 9.59 Å². The van der Waals surface area contributed by atoms with Gasteiger partial charge in [-0.15, -0.1) is 0 Å². The third kappa shape index (κ3) is 4.27. The SMILES string of the molecule is Cc1cc(Cc2cc(C(F)(F)F)cc(C(F)(F)F)c2)ccc1N1C(=O)c2cccc(Cl)c2C1=O. The topological polar surface area (TPSA) is 37.4 Å². The van der Waals surface area contributed by atoms with Gasteiger partial charge in [-0.25, -0.2) is 4.90 Å². The van der Waals surface area contributed by atoms with Gasteiger partial charge in [0.15, 0.2) is 0 Å². The van der Waals surface area contributed by atoms with Crippen molar-refractivity contribution in [2.24, 2.45) is 0 Å². The molecule has 4 rings (SSSR count). The Bertz CT molecular complexity index is 1300. The number of carbonyl (C=O) groups is 2. The second kappa shape index (κ2) is 8.16. The maximum atomic E-state index is 13.1. The normalized spacial score (nSPS) is 14.1. The number of hydrogen-bond donors (Lipinski definition) is 0. The number of amides is 2. The first-order valence-electron chi connectivity index (χ1n) is 9.82. The molecule has 0 spiro atoms. The fourth-order valence-electron chi connectivity index (χ4n) is 3.90. The highest BCUT2D eigenvalue weighted by molar-refractivity contribution is 6.42. The highest BCUT2D eigenvalue weighted by Gasteiger charge is 2.39. The molecule has 3 aromatic rings. The van der Waals surface area contributed by atoms with Crippen molar-refractivity contribution in [1.29, 1.82) is 0 Å². The molecule has 0 N–H and O–H groups in total. The first kappa shape index (κ1) is 23.8. The molecule has 0 saturated heterocycles. The van der Waals surface area contributed by atoms with Gasteiger partial charge in [-0.05, 0) is 66.4 Å². The van der Waals surface area contributed by atoms with E-state index in [0.717, 1.165) is 4.90 Å². The molecule has 0 aliphatic carbocycles. The zero-order valence-corrected chi connectivity index (χ0v) is 18.1. The zero-order valence-electron chi connectivity index (χ0n) is 17.3. The lowest BCUT2D eigenvalue weighted by Crippen LogP contribution is -2.30. The minimum Gasteiger partial charge on any atom is -0.268 e. The van der Waals surface area contributed by atoms with Crippen molar-refractivity contribution in [1.82, 2.24) is 0 Å². The number of carbonyl (C=O) groups excluding carboxylic acids is 2. The van der Waals surface area contributed by atoms with Crippen LogP contribution in [0.15, 0.2) is 54.6 Å². The van der Waals surface area contributed by atoms with Crippen LogP contribution in [0.4, 0.5) is 32.0 Å². The lowest BCUT2D eigenvalue weighted by molar-refractivity contribution is -0.143. The van der Waals surface area contributed by atoms with Crippen molar-refractivity contribution in [3.63, 3.8) is 0 Å². The average Bonchev–Trinajstić information content (AvgIpc) is 2.98. The molecular weight excluding hydrogens is 484 g/mol. The largest absolute Gasteiger partial charge is 0.416 e. The Hall–Kier alpha value is -3.33. The maximum absolute atomic E-state index is 13.1. The van der Waals surface area contributed by atoms with E-state index < -0.39 is 35.3 Å². The second-order valence-electron chi connectivity index (χ2n) is 7.82. The average molecular weight is 498 g/mol. The molecule has 34 heavy (non-hydrogen) atoms. The molecule has 1 heterocycles. The predicted molar refractivity (Wildman–Crippen MR) is 113 cm³/mol. The summed E-state index contributed by atoms with van der Waals surface area (Å²) in [5.74, 6) is -1.19. The lowest BCUT2D eigenvalue weighted by Gasteiger charge is -2.18. The number of nitrogens with zero attached hydrogens (tertiary/aromatic N) is 1. The molecule has 176 valence electrons. The van der Waals surface area contributed by atoms with E-state index in [1.807, 2.05) is 0 Å². The Morgan fingerprint density at radius 2 is 1.41 bits per heavy atom. The van der Waals surface area contributed by atoms with E-state index in [2.05, 4.69) is 0 Å².